The molecule has 4 N–H and O–H groups in total. The summed E-state index contributed by atoms with van der Waals surface area (Å²) < 4.78 is 11.5. The third-order valence-electron chi connectivity index (χ3n) is 10.8. The molecule has 3 rings (SSSR count). The number of phenolic OH excluding ortho intramolecular Hbond substituents is 1. The molecule has 1 aromatic carbocycles. The van der Waals surface area contributed by atoms with Crippen molar-refractivity contribution < 1.29 is 48.5 Å². The second-order valence-corrected chi connectivity index (χ2v) is 17.5. The molecule has 16 heteroatoms. The van der Waals surface area contributed by atoms with Gasteiger partial charge in [0.25, 0.3) is 5.91 Å². The van der Waals surface area contributed by atoms with Crippen LogP contribution in [0.25, 0.3) is 0 Å². The number of aliphatic carboxylic acids is 1. The highest BCUT2D eigenvalue weighted by Gasteiger charge is 2.39. The molecule has 1 saturated heterocycles. The molecule has 15 nitrogen and oxygen atoms in total. The lowest BCUT2D eigenvalue weighted by Crippen LogP contribution is -2.59. The first kappa shape index (κ1) is 48.8. The molecule has 1 fully saturated rings. The van der Waals surface area contributed by atoms with Crippen LogP contribution in [0.4, 0.5) is 0 Å². The Bertz CT molecular complexity index is 1720. The maximum absolute atomic E-state index is 14.8. The van der Waals surface area contributed by atoms with E-state index < -0.39 is 66.6 Å². The van der Waals surface area contributed by atoms with E-state index >= 15 is 0 Å². The van der Waals surface area contributed by atoms with Crippen molar-refractivity contribution in [2.24, 2.45) is 23.7 Å². The lowest BCUT2D eigenvalue weighted by molar-refractivity contribution is -0.161. The summed E-state index contributed by atoms with van der Waals surface area (Å²) in [4.78, 5) is 87.4. The number of amides is 3. The van der Waals surface area contributed by atoms with Crippen molar-refractivity contribution in [3.63, 3.8) is 0 Å². The Hall–Kier alpha value is -4.57. The van der Waals surface area contributed by atoms with Gasteiger partial charge in [0, 0.05) is 37.2 Å². The average Bonchev–Trinajstić information content (AvgIpc) is 3.67. The molecule has 0 bridgehead atoms. The molecule has 328 valence electrons. The van der Waals surface area contributed by atoms with E-state index in [1.54, 1.807) is 19.1 Å². The summed E-state index contributed by atoms with van der Waals surface area (Å²) in [6, 6.07) is 3.83. The second kappa shape index (κ2) is 23.3. The molecule has 0 radical (unpaired) electrons. The number of likely N-dealkylation sites (tertiary alicyclic amines) is 1. The van der Waals surface area contributed by atoms with Gasteiger partial charge in [0.2, 0.25) is 11.8 Å². The molecule has 0 spiro atoms. The summed E-state index contributed by atoms with van der Waals surface area (Å²) in [5, 5.41) is 27.1. The molecular formula is C43H65N5O10S. The maximum Gasteiger partial charge on any atom is 0.307 e. The third kappa shape index (κ3) is 15.2. The van der Waals surface area contributed by atoms with Crippen LogP contribution in [-0.4, -0.2) is 105 Å². The zero-order chi connectivity index (χ0) is 44.0. The summed E-state index contributed by atoms with van der Waals surface area (Å²) in [6.45, 7) is 14.6. The zero-order valence-corrected chi connectivity index (χ0v) is 36.9. The number of rotatable bonds is 22. The van der Waals surface area contributed by atoms with Gasteiger partial charge in [-0.15, -0.1) is 11.3 Å². The molecule has 3 amide bonds. The highest BCUT2D eigenvalue weighted by Crippen LogP contribution is 2.32. The van der Waals surface area contributed by atoms with Crippen LogP contribution < -0.4 is 10.6 Å². The van der Waals surface area contributed by atoms with E-state index in [9.17, 15) is 39.0 Å². The van der Waals surface area contributed by atoms with Gasteiger partial charge in [0.1, 0.15) is 22.5 Å². The van der Waals surface area contributed by atoms with Gasteiger partial charge < -0.3 is 35.2 Å². The number of ether oxygens (including phenoxy) is 2. The quantitative estimate of drug-likeness (QED) is 0.0832. The number of piperidine rings is 1. The highest BCUT2D eigenvalue weighted by atomic mass is 32.1. The zero-order valence-electron chi connectivity index (χ0n) is 36.1. The first-order chi connectivity index (χ1) is 27.8. The van der Waals surface area contributed by atoms with Crippen molar-refractivity contribution >= 4 is 47.0 Å². The Morgan fingerprint density at radius 3 is 2.25 bits per heavy atom. The van der Waals surface area contributed by atoms with Crippen molar-refractivity contribution in [2.75, 3.05) is 20.3 Å². The number of carbonyl (C=O) groups excluding carboxylic acids is 5. The smallest absolute Gasteiger partial charge is 0.307 e. The molecule has 1 aliphatic rings. The number of phenols is 1. The first-order valence-electron chi connectivity index (χ1n) is 20.7. The minimum Gasteiger partial charge on any atom is -0.508 e. The lowest BCUT2D eigenvalue weighted by Gasteiger charge is -2.39. The fourth-order valence-corrected chi connectivity index (χ4v) is 8.03. The topological polar surface area (TPSA) is 205 Å². The van der Waals surface area contributed by atoms with Gasteiger partial charge in [0.05, 0.1) is 12.0 Å². The highest BCUT2D eigenvalue weighted by molar-refractivity contribution is 7.09. The standard InChI is InChI=1S/C43H65N5O10S/c1-10-27(6)38(46-40(53)34-13-11-12-18-47(34)9)42(54)48(24-57-37(51)19-25(2)3)35(26(4)5)22-36(58-29(8)49)41-45-33(23-59-41)39(52)44-31(20-28(7)43(55)56)21-30-14-16-32(50)17-15-30/h14-17,23,25-28,31,34-36,38,50H,10-13,18-22,24H2,1-9H3,(H,44,52)(H,46,53)(H,55,56)/t27-,28-,31+,34+,35?,36+,38-/m0/s1. The summed E-state index contributed by atoms with van der Waals surface area (Å²) >= 11 is 1.10. The van der Waals surface area contributed by atoms with E-state index in [4.69, 9.17) is 9.47 Å². The molecule has 1 aliphatic heterocycles. The Morgan fingerprint density at radius 2 is 1.68 bits per heavy atom. The summed E-state index contributed by atoms with van der Waals surface area (Å²) in [7, 11) is 1.90. The van der Waals surface area contributed by atoms with Crippen LogP contribution in [0.3, 0.4) is 0 Å². The van der Waals surface area contributed by atoms with Gasteiger partial charge in [-0.25, -0.2) is 4.98 Å². The van der Waals surface area contributed by atoms with E-state index in [1.165, 1.54) is 29.3 Å². The van der Waals surface area contributed by atoms with Crippen LogP contribution in [0.1, 0.15) is 127 Å². The number of aromatic hydroxyl groups is 1. The van der Waals surface area contributed by atoms with Crippen LogP contribution in [0.15, 0.2) is 29.6 Å². The number of hydrogen-bond acceptors (Lipinski definition) is 12. The molecule has 2 aromatic rings. The van der Waals surface area contributed by atoms with Crippen molar-refractivity contribution in [2.45, 2.75) is 137 Å². The van der Waals surface area contributed by atoms with Crippen LogP contribution in [0.2, 0.25) is 0 Å². The van der Waals surface area contributed by atoms with E-state index in [0.29, 0.717) is 24.3 Å². The van der Waals surface area contributed by atoms with Crippen LogP contribution in [0.5, 0.6) is 5.75 Å². The lowest BCUT2D eigenvalue weighted by atomic mass is 9.92. The Balaban J connectivity index is 1.96. The number of nitrogens with zero attached hydrogens (tertiary/aromatic N) is 3. The van der Waals surface area contributed by atoms with Crippen LogP contribution >= 0.6 is 11.3 Å². The normalized spacial score (nSPS) is 17.6. The summed E-state index contributed by atoms with van der Waals surface area (Å²) in [5.41, 5.74) is 0.814. The molecule has 0 aliphatic carbocycles. The average molecular weight is 844 g/mol. The number of thiazole rings is 1. The van der Waals surface area contributed by atoms with E-state index in [0.717, 1.165) is 36.3 Å². The molecule has 1 aromatic heterocycles. The number of aromatic nitrogens is 1. The number of carboxylic acids is 1. The Morgan fingerprint density at radius 1 is 1.00 bits per heavy atom. The SMILES string of the molecule is CC[C@H](C)[C@H](NC(=O)[C@H]1CCCCN1C)C(=O)N(COC(=O)CC(C)C)C(C[C@@H](OC(C)=O)c1nc(C(=O)N[C@@H](Cc2ccc(O)cc2)C[C@H](C)C(=O)O)cs1)C(C)C. The molecule has 0 saturated carbocycles. The number of likely N-dealkylation sites (N-methyl/N-ethyl adjacent to an activating group) is 1. The minimum absolute atomic E-state index is 0.0143. The van der Waals surface area contributed by atoms with Crippen molar-refractivity contribution in [1.29, 1.82) is 0 Å². The predicted octanol–water partition coefficient (Wildman–Crippen LogP) is 5.71. The fourth-order valence-electron chi connectivity index (χ4n) is 7.19. The number of carboxylic acid groups (broad SMARTS) is 1. The van der Waals surface area contributed by atoms with Crippen LogP contribution in [-0.2, 0) is 39.9 Å². The van der Waals surface area contributed by atoms with Crippen LogP contribution in [0, 0.1) is 23.7 Å². The number of esters is 2. The summed E-state index contributed by atoms with van der Waals surface area (Å²) in [5.74, 6) is -4.54. The Labute approximate surface area is 352 Å². The largest absolute Gasteiger partial charge is 0.508 e. The second-order valence-electron chi connectivity index (χ2n) is 16.6. The number of carbonyl (C=O) groups is 6. The number of benzene rings is 1. The maximum atomic E-state index is 14.8. The van der Waals surface area contributed by atoms with Crippen molar-refractivity contribution in [1.82, 2.24) is 25.4 Å². The minimum atomic E-state index is -1.01. The Kier molecular flexibility index (Phi) is 19.3. The number of hydrogen-bond donors (Lipinski definition) is 4. The fraction of sp³-hybridized carbons (Fsp3) is 0.651. The van der Waals surface area contributed by atoms with Crippen molar-refractivity contribution in [3.8, 4) is 5.75 Å². The van der Waals surface area contributed by atoms with Gasteiger partial charge in [-0.3, -0.25) is 33.7 Å². The van der Waals surface area contributed by atoms with Gasteiger partial charge in [0.15, 0.2) is 12.8 Å². The molecule has 7 atom stereocenters. The van der Waals surface area contributed by atoms with Gasteiger partial charge >= 0.3 is 17.9 Å². The number of nitrogens with one attached hydrogen (secondary N) is 2. The van der Waals surface area contributed by atoms with E-state index in [-0.39, 0.29) is 60.4 Å². The predicted molar refractivity (Wildman–Crippen MR) is 223 cm³/mol. The van der Waals surface area contributed by atoms with E-state index in [1.807, 2.05) is 53.5 Å². The molecule has 1 unspecified atom stereocenters. The van der Waals surface area contributed by atoms with Crippen molar-refractivity contribution in [3.05, 3.63) is 45.9 Å². The molecular weight excluding hydrogens is 779 g/mol. The summed E-state index contributed by atoms with van der Waals surface area (Å²) in [6.07, 6.45) is 2.73. The third-order valence-corrected chi connectivity index (χ3v) is 11.8. The van der Waals surface area contributed by atoms with Gasteiger partial charge in [-0.05, 0) is 74.7 Å². The van der Waals surface area contributed by atoms with Gasteiger partial charge in [-0.2, -0.15) is 0 Å². The molecule has 59 heavy (non-hydrogen) atoms. The molecule has 2 heterocycles. The monoisotopic (exact) mass is 843 g/mol. The first-order valence-corrected chi connectivity index (χ1v) is 21.6. The van der Waals surface area contributed by atoms with E-state index in [2.05, 4.69) is 15.6 Å². The van der Waals surface area contributed by atoms with Gasteiger partial charge in [-0.1, -0.05) is 73.4 Å².